The van der Waals surface area contributed by atoms with Gasteiger partial charge in [-0.25, -0.2) is 0 Å². The summed E-state index contributed by atoms with van der Waals surface area (Å²) in [4.78, 5) is 0. The Labute approximate surface area is 109 Å². The molecule has 0 atom stereocenters. The Morgan fingerprint density at radius 1 is 1.11 bits per heavy atom. The Morgan fingerprint density at radius 2 is 1.94 bits per heavy atom. The summed E-state index contributed by atoms with van der Waals surface area (Å²) in [5, 5.41) is 4.95. The highest BCUT2D eigenvalue weighted by molar-refractivity contribution is 5.79. The van der Waals surface area contributed by atoms with Gasteiger partial charge in [0.05, 0.1) is 0 Å². The molecule has 3 rings (SSSR count). The molecule has 1 saturated carbocycles. The molecule has 1 aliphatic rings. The first kappa shape index (κ1) is 11.8. The van der Waals surface area contributed by atoms with Crippen LogP contribution in [0.15, 0.2) is 36.5 Å². The van der Waals surface area contributed by atoms with Gasteiger partial charge in [-0.1, -0.05) is 31.0 Å². The number of aromatic nitrogens is 1. The maximum absolute atomic E-state index is 3.61. The molecule has 1 aliphatic carbocycles. The van der Waals surface area contributed by atoms with E-state index < -0.39 is 0 Å². The van der Waals surface area contributed by atoms with Crippen molar-refractivity contribution in [3.05, 3.63) is 36.5 Å². The number of benzene rings is 1. The summed E-state index contributed by atoms with van der Waals surface area (Å²) in [6, 6.07) is 10.8. The molecule has 2 aromatic rings. The van der Waals surface area contributed by atoms with Crippen LogP contribution in [0.1, 0.15) is 25.7 Å². The highest BCUT2D eigenvalue weighted by Crippen LogP contribution is 2.23. The number of nitrogens with zero attached hydrogens (tertiary/aromatic N) is 1. The highest BCUT2D eigenvalue weighted by Gasteiger charge is 2.13. The molecule has 0 spiro atoms. The minimum Gasteiger partial charge on any atom is -0.346 e. The van der Waals surface area contributed by atoms with Crippen molar-refractivity contribution in [3.8, 4) is 0 Å². The van der Waals surface area contributed by atoms with Crippen LogP contribution in [-0.4, -0.2) is 17.7 Å². The van der Waals surface area contributed by atoms with Crippen LogP contribution in [0.25, 0.3) is 10.9 Å². The van der Waals surface area contributed by atoms with Gasteiger partial charge in [0.2, 0.25) is 0 Å². The van der Waals surface area contributed by atoms with E-state index in [1.807, 2.05) is 0 Å². The first-order valence-corrected chi connectivity index (χ1v) is 7.18. The molecule has 1 N–H and O–H groups in total. The summed E-state index contributed by atoms with van der Waals surface area (Å²) in [6.07, 6.45) is 7.93. The van der Waals surface area contributed by atoms with Crippen LogP contribution >= 0.6 is 0 Å². The first-order valence-electron chi connectivity index (χ1n) is 7.18. The molecule has 0 aliphatic heterocycles. The second-order valence-electron chi connectivity index (χ2n) is 5.42. The lowest BCUT2D eigenvalue weighted by molar-refractivity contribution is 0.478. The van der Waals surface area contributed by atoms with Crippen LogP contribution in [0.2, 0.25) is 0 Å². The van der Waals surface area contributed by atoms with Gasteiger partial charge in [0.25, 0.3) is 0 Å². The number of nitrogens with one attached hydrogen (secondary N) is 1. The van der Waals surface area contributed by atoms with Crippen LogP contribution < -0.4 is 5.32 Å². The second kappa shape index (κ2) is 5.57. The molecule has 96 valence electrons. The summed E-state index contributed by atoms with van der Waals surface area (Å²) in [6.45, 7) is 3.36. The van der Waals surface area contributed by atoms with Gasteiger partial charge in [-0.15, -0.1) is 0 Å². The number of rotatable bonds is 5. The normalized spacial score (nSPS) is 16.7. The molecule has 2 heteroatoms. The average molecular weight is 242 g/mol. The van der Waals surface area contributed by atoms with Crippen LogP contribution in [0.4, 0.5) is 0 Å². The van der Waals surface area contributed by atoms with E-state index in [0.717, 1.165) is 19.0 Å². The third-order valence-electron chi connectivity index (χ3n) is 4.12. The first-order chi connectivity index (χ1) is 8.93. The molecule has 0 radical (unpaired) electrons. The summed E-state index contributed by atoms with van der Waals surface area (Å²) in [7, 11) is 0. The lowest BCUT2D eigenvalue weighted by Crippen LogP contribution is -2.25. The number of hydrogen-bond donors (Lipinski definition) is 1. The SMILES string of the molecule is c1ccc2c(c1)ccn2CCNCC1CCCC1. The van der Waals surface area contributed by atoms with Crippen molar-refractivity contribution in [2.75, 3.05) is 13.1 Å². The highest BCUT2D eigenvalue weighted by atomic mass is 15.0. The fourth-order valence-corrected chi connectivity index (χ4v) is 3.06. The van der Waals surface area contributed by atoms with Crippen molar-refractivity contribution < 1.29 is 0 Å². The monoisotopic (exact) mass is 242 g/mol. The van der Waals surface area contributed by atoms with E-state index in [1.54, 1.807) is 0 Å². The fourth-order valence-electron chi connectivity index (χ4n) is 3.06. The van der Waals surface area contributed by atoms with Crippen LogP contribution in [0.5, 0.6) is 0 Å². The van der Waals surface area contributed by atoms with E-state index in [0.29, 0.717) is 0 Å². The van der Waals surface area contributed by atoms with Gasteiger partial charge < -0.3 is 9.88 Å². The van der Waals surface area contributed by atoms with Crippen molar-refractivity contribution in [1.29, 1.82) is 0 Å². The van der Waals surface area contributed by atoms with Gasteiger partial charge in [0.15, 0.2) is 0 Å². The van der Waals surface area contributed by atoms with E-state index in [4.69, 9.17) is 0 Å². The van der Waals surface area contributed by atoms with Gasteiger partial charge >= 0.3 is 0 Å². The number of hydrogen-bond acceptors (Lipinski definition) is 1. The van der Waals surface area contributed by atoms with Crippen molar-refractivity contribution in [2.24, 2.45) is 5.92 Å². The van der Waals surface area contributed by atoms with Crippen LogP contribution in [0, 0.1) is 5.92 Å². The molecule has 2 nitrogen and oxygen atoms in total. The maximum atomic E-state index is 3.61. The summed E-state index contributed by atoms with van der Waals surface area (Å²) >= 11 is 0. The molecule has 18 heavy (non-hydrogen) atoms. The van der Waals surface area contributed by atoms with E-state index in [-0.39, 0.29) is 0 Å². The van der Waals surface area contributed by atoms with Crippen molar-refractivity contribution >= 4 is 10.9 Å². The van der Waals surface area contributed by atoms with E-state index in [9.17, 15) is 0 Å². The summed E-state index contributed by atoms with van der Waals surface area (Å²) in [5.74, 6) is 0.936. The predicted molar refractivity (Wildman–Crippen MR) is 76.8 cm³/mol. The zero-order valence-corrected chi connectivity index (χ0v) is 10.9. The third kappa shape index (κ3) is 2.59. The number of fused-ring (bicyclic) bond motifs is 1. The Kier molecular flexibility index (Phi) is 3.65. The molecule has 1 fully saturated rings. The van der Waals surface area contributed by atoms with E-state index in [1.165, 1.54) is 43.1 Å². The van der Waals surface area contributed by atoms with Crippen molar-refractivity contribution in [3.63, 3.8) is 0 Å². The lowest BCUT2D eigenvalue weighted by atomic mass is 10.1. The maximum Gasteiger partial charge on any atom is 0.0480 e. The second-order valence-corrected chi connectivity index (χ2v) is 5.42. The Balaban J connectivity index is 1.50. The van der Waals surface area contributed by atoms with Crippen LogP contribution in [0.3, 0.4) is 0 Å². The minimum absolute atomic E-state index is 0.936. The molecule has 1 aromatic heterocycles. The quantitative estimate of drug-likeness (QED) is 0.795. The van der Waals surface area contributed by atoms with Gasteiger partial charge in [-0.3, -0.25) is 0 Å². The summed E-state index contributed by atoms with van der Waals surface area (Å²) < 4.78 is 2.34. The Morgan fingerprint density at radius 3 is 2.83 bits per heavy atom. The average Bonchev–Trinajstić information content (AvgIpc) is 3.04. The standard InChI is InChI=1S/C16H22N2/c1-2-6-14(5-1)13-17-10-12-18-11-9-15-7-3-4-8-16(15)18/h3-4,7-9,11,14,17H,1-2,5-6,10,12-13H2. The number of para-hydroxylation sites is 1. The molecular weight excluding hydrogens is 220 g/mol. The molecule has 0 unspecified atom stereocenters. The largest absolute Gasteiger partial charge is 0.346 e. The van der Waals surface area contributed by atoms with Gasteiger partial charge in [0, 0.05) is 24.8 Å². The smallest absolute Gasteiger partial charge is 0.0480 e. The molecule has 1 aromatic carbocycles. The van der Waals surface area contributed by atoms with Crippen LogP contribution in [-0.2, 0) is 6.54 Å². The predicted octanol–water partition coefficient (Wildman–Crippen LogP) is 3.42. The fraction of sp³-hybridized carbons (Fsp3) is 0.500. The molecule has 0 bridgehead atoms. The van der Waals surface area contributed by atoms with E-state index >= 15 is 0 Å². The van der Waals surface area contributed by atoms with Gasteiger partial charge in [-0.05, 0) is 42.8 Å². The Hall–Kier alpha value is -1.28. The third-order valence-corrected chi connectivity index (χ3v) is 4.12. The zero-order valence-electron chi connectivity index (χ0n) is 10.9. The molecule has 1 heterocycles. The Bertz CT molecular complexity index is 495. The molecular formula is C16H22N2. The minimum atomic E-state index is 0.936. The topological polar surface area (TPSA) is 17.0 Å². The zero-order chi connectivity index (χ0) is 12.2. The van der Waals surface area contributed by atoms with Crippen molar-refractivity contribution in [2.45, 2.75) is 32.2 Å². The molecule has 0 amide bonds. The van der Waals surface area contributed by atoms with Crippen molar-refractivity contribution in [1.82, 2.24) is 9.88 Å². The lowest BCUT2D eigenvalue weighted by Gasteiger charge is -2.11. The van der Waals surface area contributed by atoms with Gasteiger partial charge in [-0.2, -0.15) is 0 Å². The van der Waals surface area contributed by atoms with E-state index in [2.05, 4.69) is 46.4 Å². The summed E-state index contributed by atoms with van der Waals surface area (Å²) in [5.41, 5.74) is 1.35. The molecule has 0 saturated heterocycles. The van der Waals surface area contributed by atoms with Gasteiger partial charge in [0.1, 0.15) is 0 Å².